The Morgan fingerprint density at radius 1 is 1.23 bits per heavy atom. The van der Waals surface area contributed by atoms with Crippen LogP contribution < -0.4 is 15.4 Å². The number of nitrogens with zero attached hydrogens (tertiary/aromatic N) is 3. The lowest BCUT2D eigenvalue weighted by atomic mass is 9.93. The fourth-order valence-electron chi connectivity index (χ4n) is 5.14. The second kappa shape index (κ2) is 10.5. The molecule has 0 spiro atoms. The fraction of sp³-hybridized carbons (Fsp3) is 0.538. The zero-order valence-corrected chi connectivity index (χ0v) is 20.8. The number of amides is 3. The number of hydrogen-bond acceptors (Lipinski definition) is 5. The van der Waals surface area contributed by atoms with Gasteiger partial charge in [0.1, 0.15) is 17.0 Å². The van der Waals surface area contributed by atoms with E-state index in [0.29, 0.717) is 25.9 Å². The third kappa shape index (κ3) is 4.90. The molecule has 2 aliphatic rings. The molecule has 0 unspecified atom stereocenters. The van der Waals surface area contributed by atoms with Gasteiger partial charge in [-0.15, -0.1) is 0 Å². The van der Waals surface area contributed by atoms with E-state index in [0.717, 1.165) is 37.0 Å². The molecule has 2 aromatic rings. The average Bonchev–Trinajstić information content (AvgIpc) is 3.52. The van der Waals surface area contributed by atoms with Crippen molar-refractivity contribution in [2.75, 3.05) is 20.2 Å². The van der Waals surface area contributed by atoms with E-state index in [1.807, 2.05) is 31.2 Å². The van der Waals surface area contributed by atoms with Gasteiger partial charge in [0.15, 0.2) is 5.69 Å². The minimum atomic E-state index is -1.04. The van der Waals surface area contributed by atoms with Gasteiger partial charge in [0.25, 0.3) is 11.8 Å². The summed E-state index contributed by atoms with van der Waals surface area (Å²) >= 11 is 0. The van der Waals surface area contributed by atoms with Crippen LogP contribution in [0.5, 0.6) is 5.75 Å². The van der Waals surface area contributed by atoms with Crippen LogP contribution in [0.1, 0.15) is 72.5 Å². The second-order valence-electron chi connectivity index (χ2n) is 9.57. The molecule has 188 valence electrons. The molecule has 2 heterocycles. The molecule has 1 aliphatic heterocycles. The number of fused-ring (bicyclic) bond motifs is 1. The number of rotatable bonds is 9. The molecule has 1 fully saturated rings. The maximum absolute atomic E-state index is 13.6. The lowest BCUT2D eigenvalue weighted by molar-refractivity contribution is -0.133. The summed E-state index contributed by atoms with van der Waals surface area (Å²) in [4.78, 5) is 45.9. The highest BCUT2D eigenvalue weighted by atomic mass is 16.5. The molecular weight excluding hydrogens is 446 g/mol. The number of methoxy groups -OCH3 is 1. The van der Waals surface area contributed by atoms with Gasteiger partial charge in [0, 0.05) is 19.1 Å². The van der Waals surface area contributed by atoms with E-state index in [2.05, 4.69) is 15.6 Å². The maximum Gasteiger partial charge on any atom is 0.273 e. The van der Waals surface area contributed by atoms with Gasteiger partial charge in [0.05, 0.1) is 20.0 Å². The summed E-state index contributed by atoms with van der Waals surface area (Å²) in [5, 5.41) is 6.03. The predicted octanol–water partition coefficient (Wildman–Crippen LogP) is 2.55. The van der Waals surface area contributed by atoms with E-state index in [1.165, 1.54) is 6.33 Å². The molecule has 0 bridgehead atoms. The first kappa shape index (κ1) is 24.8. The molecule has 1 aromatic heterocycles. The Bertz CT molecular complexity index is 1090. The topological polar surface area (TPSA) is 106 Å². The molecule has 0 radical (unpaired) electrons. The van der Waals surface area contributed by atoms with Crippen LogP contribution in [0.3, 0.4) is 0 Å². The van der Waals surface area contributed by atoms with Gasteiger partial charge in [-0.25, -0.2) is 4.98 Å². The zero-order valence-electron chi connectivity index (χ0n) is 20.8. The van der Waals surface area contributed by atoms with Crippen molar-refractivity contribution in [3.8, 4) is 5.75 Å². The summed E-state index contributed by atoms with van der Waals surface area (Å²) in [5.74, 6) is -0.123. The zero-order chi connectivity index (χ0) is 25.0. The number of nitrogens with one attached hydrogen (secondary N) is 2. The standard InChI is InChI=1S/C26H35N5O4/c1-4-15-31-24(33)22-21(23(32)27-14-13-18-9-5-8-12-20(18)35-3)28-17-30(22)16-26(31,2)25(34)29-19-10-6-7-11-19/h5,8-9,12,17,19H,4,6-7,10-11,13-16H2,1-3H3,(H,27,32)(H,29,34)/t26-/m0/s1. The van der Waals surface area contributed by atoms with Gasteiger partial charge >= 0.3 is 0 Å². The number of aromatic nitrogens is 2. The summed E-state index contributed by atoms with van der Waals surface area (Å²) in [7, 11) is 1.62. The van der Waals surface area contributed by atoms with E-state index in [1.54, 1.807) is 23.5 Å². The lowest BCUT2D eigenvalue weighted by Crippen LogP contribution is -2.65. The van der Waals surface area contributed by atoms with Gasteiger partial charge < -0.3 is 24.8 Å². The predicted molar refractivity (Wildman–Crippen MR) is 131 cm³/mol. The molecule has 1 aromatic carbocycles. The van der Waals surface area contributed by atoms with E-state index in [9.17, 15) is 14.4 Å². The third-order valence-electron chi connectivity index (χ3n) is 7.07. The second-order valence-corrected chi connectivity index (χ2v) is 9.57. The third-order valence-corrected chi connectivity index (χ3v) is 7.07. The Morgan fingerprint density at radius 2 is 1.97 bits per heavy atom. The summed E-state index contributed by atoms with van der Waals surface area (Å²) in [5.41, 5.74) is 0.270. The van der Waals surface area contributed by atoms with Crippen molar-refractivity contribution < 1.29 is 19.1 Å². The van der Waals surface area contributed by atoms with Crippen molar-refractivity contribution in [1.29, 1.82) is 0 Å². The number of para-hydroxylation sites is 1. The highest BCUT2D eigenvalue weighted by molar-refractivity contribution is 6.07. The molecule has 9 nitrogen and oxygen atoms in total. The molecule has 9 heteroatoms. The van der Waals surface area contributed by atoms with E-state index >= 15 is 0 Å². The summed E-state index contributed by atoms with van der Waals surface area (Å²) < 4.78 is 7.02. The van der Waals surface area contributed by atoms with Crippen LogP contribution in [0, 0.1) is 0 Å². The number of ether oxygens (including phenoxy) is 1. The van der Waals surface area contributed by atoms with Crippen LogP contribution in [0.25, 0.3) is 0 Å². The number of benzene rings is 1. The van der Waals surface area contributed by atoms with Crippen molar-refractivity contribution in [3.63, 3.8) is 0 Å². The first-order chi connectivity index (χ1) is 16.9. The van der Waals surface area contributed by atoms with Crippen molar-refractivity contribution in [3.05, 3.63) is 47.5 Å². The van der Waals surface area contributed by atoms with Crippen molar-refractivity contribution >= 4 is 17.7 Å². The van der Waals surface area contributed by atoms with Crippen molar-refractivity contribution in [2.45, 2.75) is 70.5 Å². The monoisotopic (exact) mass is 481 g/mol. The fourth-order valence-corrected chi connectivity index (χ4v) is 5.14. The molecule has 0 saturated heterocycles. The normalized spacial score (nSPS) is 20.0. The number of carbonyl (C=O) groups excluding carboxylic acids is 3. The van der Waals surface area contributed by atoms with Crippen LogP contribution in [0.4, 0.5) is 0 Å². The smallest absolute Gasteiger partial charge is 0.273 e. The van der Waals surface area contributed by atoms with Gasteiger partial charge in [-0.3, -0.25) is 14.4 Å². The Labute approximate surface area is 206 Å². The quantitative estimate of drug-likeness (QED) is 0.573. The molecule has 3 amide bonds. The molecule has 1 aliphatic carbocycles. The molecule has 2 N–H and O–H groups in total. The Morgan fingerprint density at radius 3 is 2.69 bits per heavy atom. The van der Waals surface area contributed by atoms with E-state index in [4.69, 9.17) is 4.74 Å². The maximum atomic E-state index is 13.6. The number of hydrogen-bond donors (Lipinski definition) is 2. The van der Waals surface area contributed by atoms with E-state index < -0.39 is 11.4 Å². The molecular formula is C26H35N5O4. The minimum absolute atomic E-state index is 0.0920. The summed E-state index contributed by atoms with van der Waals surface area (Å²) in [6, 6.07) is 7.81. The van der Waals surface area contributed by atoms with Crippen LogP contribution in [-0.4, -0.2) is 64.0 Å². The van der Waals surface area contributed by atoms with Crippen molar-refractivity contribution in [2.24, 2.45) is 0 Å². The number of carbonyl (C=O) groups is 3. The van der Waals surface area contributed by atoms with Gasteiger partial charge in [0.2, 0.25) is 5.91 Å². The van der Waals surface area contributed by atoms with Crippen LogP contribution in [-0.2, 0) is 17.8 Å². The largest absolute Gasteiger partial charge is 0.496 e. The summed E-state index contributed by atoms with van der Waals surface area (Å²) in [6.45, 7) is 4.84. The molecule has 35 heavy (non-hydrogen) atoms. The average molecular weight is 482 g/mol. The molecule has 4 rings (SSSR count). The minimum Gasteiger partial charge on any atom is -0.496 e. The van der Waals surface area contributed by atoms with E-state index in [-0.39, 0.29) is 35.8 Å². The lowest BCUT2D eigenvalue weighted by Gasteiger charge is -2.44. The first-order valence-corrected chi connectivity index (χ1v) is 12.5. The molecule has 1 atom stereocenters. The Hall–Kier alpha value is -3.36. The van der Waals surface area contributed by atoms with Crippen molar-refractivity contribution in [1.82, 2.24) is 25.1 Å². The van der Waals surface area contributed by atoms with Gasteiger partial charge in [-0.05, 0) is 44.2 Å². The van der Waals surface area contributed by atoms with Crippen LogP contribution >= 0.6 is 0 Å². The number of imidazole rings is 1. The SMILES string of the molecule is CCCN1C(=O)c2c(C(=O)NCCc3ccccc3OC)ncn2C[C@@]1(C)C(=O)NC1CCCC1. The Kier molecular flexibility index (Phi) is 7.42. The van der Waals surface area contributed by atoms with Crippen LogP contribution in [0.2, 0.25) is 0 Å². The van der Waals surface area contributed by atoms with Gasteiger partial charge in [-0.2, -0.15) is 0 Å². The van der Waals surface area contributed by atoms with Gasteiger partial charge in [-0.1, -0.05) is 38.0 Å². The highest BCUT2D eigenvalue weighted by Crippen LogP contribution is 2.30. The Balaban J connectivity index is 1.50. The molecule has 1 saturated carbocycles. The highest BCUT2D eigenvalue weighted by Gasteiger charge is 2.48. The van der Waals surface area contributed by atoms with Crippen LogP contribution in [0.15, 0.2) is 30.6 Å². The summed E-state index contributed by atoms with van der Waals surface area (Å²) in [6.07, 6.45) is 6.94. The first-order valence-electron chi connectivity index (χ1n) is 12.5.